The van der Waals surface area contributed by atoms with Gasteiger partial charge < -0.3 is 16.0 Å². The van der Waals surface area contributed by atoms with E-state index in [-0.39, 0.29) is 11.8 Å². The Kier molecular flexibility index (Phi) is 5.71. The van der Waals surface area contributed by atoms with E-state index in [0.29, 0.717) is 25.0 Å². The fourth-order valence-electron chi connectivity index (χ4n) is 5.31. The van der Waals surface area contributed by atoms with Crippen LogP contribution in [0.25, 0.3) is 5.69 Å². The molecule has 3 fully saturated rings. The number of urea groups is 1. The standard InChI is InChI=1S/C23H31N7O2/c1-15(24)21-18-13-28(14-19(18)21)12-16-2-4-17(5-3-16)30-9-6-20(27-23(30)32)26-22(31)29-10-7-25-8-11-29/h2-6,9,15,18-19,21,25H,7-8,10-14,24H2,1H3,(H,26,27,31,32)/t15?,18-,19+,21+. The second kappa shape index (κ2) is 8.65. The largest absolute Gasteiger partial charge is 0.354 e. The number of nitrogens with zero attached hydrogens (tertiary/aromatic N) is 4. The second-order valence-electron chi connectivity index (χ2n) is 9.26. The molecule has 2 amide bonds. The Morgan fingerprint density at radius 1 is 1.19 bits per heavy atom. The van der Waals surface area contributed by atoms with Gasteiger partial charge in [-0.2, -0.15) is 4.98 Å². The number of piperidine rings is 1. The molecule has 2 aromatic rings. The first-order valence-corrected chi connectivity index (χ1v) is 11.4. The Balaban J connectivity index is 1.19. The van der Waals surface area contributed by atoms with Gasteiger partial charge in [-0.25, -0.2) is 9.59 Å². The molecule has 0 bridgehead atoms. The number of benzene rings is 1. The number of aromatic nitrogens is 2. The van der Waals surface area contributed by atoms with E-state index in [2.05, 4.69) is 39.6 Å². The second-order valence-corrected chi connectivity index (χ2v) is 9.26. The maximum atomic E-state index is 12.5. The van der Waals surface area contributed by atoms with Gasteiger partial charge in [-0.15, -0.1) is 0 Å². The molecule has 1 aromatic heterocycles. The fourth-order valence-corrected chi connectivity index (χ4v) is 5.31. The van der Waals surface area contributed by atoms with Crippen LogP contribution in [-0.4, -0.2) is 70.7 Å². The summed E-state index contributed by atoms with van der Waals surface area (Å²) in [5.41, 5.74) is 7.63. The zero-order valence-electron chi connectivity index (χ0n) is 18.4. The highest BCUT2D eigenvalue weighted by molar-refractivity contribution is 5.88. The summed E-state index contributed by atoms with van der Waals surface area (Å²) < 4.78 is 1.49. The highest BCUT2D eigenvalue weighted by Gasteiger charge is 2.56. The number of hydrogen-bond acceptors (Lipinski definition) is 6. The van der Waals surface area contributed by atoms with E-state index in [0.717, 1.165) is 50.2 Å². The predicted octanol–water partition coefficient (Wildman–Crippen LogP) is 0.695. The Morgan fingerprint density at radius 3 is 2.50 bits per heavy atom. The molecule has 5 rings (SSSR count). The maximum Gasteiger partial charge on any atom is 0.354 e. The molecule has 2 aliphatic heterocycles. The lowest BCUT2D eigenvalue weighted by Crippen LogP contribution is -2.48. The van der Waals surface area contributed by atoms with Gasteiger partial charge in [0, 0.05) is 58.1 Å². The Labute approximate surface area is 187 Å². The molecule has 3 heterocycles. The first-order valence-electron chi connectivity index (χ1n) is 11.4. The van der Waals surface area contributed by atoms with Gasteiger partial charge in [0.25, 0.3) is 0 Å². The molecular weight excluding hydrogens is 406 g/mol. The summed E-state index contributed by atoms with van der Waals surface area (Å²) in [6.07, 6.45) is 1.65. The summed E-state index contributed by atoms with van der Waals surface area (Å²) in [5.74, 6) is 2.51. The van der Waals surface area contributed by atoms with Gasteiger partial charge in [-0.1, -0.05) is 12.1 Å². The molecule has 9 nitrogen and oxygen atoms in total. The summed E-state index contributed by atoms with van der Waals surface area (Å²) in [6.45, 7) is 8.11. The van der Waals surface area contributed by atoms with E-state index in [1.807, 2.05) is 12.1 Å². The third-order valence-corrected chi connectivity index (χ3v) is 7.01. The highest BCUT2D eigenvalue weighted by atomic mass is 16.2. The number of likely N-dealkylation sites (tertiary alicyclic amines) is 1. The van der Waals surface area contributed by atoms with Crippen LogP contribution in [0.1, 0.15) is 12.5 Å². The van der Waals surface area contributed by atoms with Gasteiger partial charge in [-0.05, 0) is 48.4 Å². The number of nitrogens with one attached hydrogen (secondary N) is 2. The minimum absolute atomic E-state index is 0.229. The molecule has 1 aliphatic carbocycles. The molecule has 9 heteroatoms. The van der Waals surface area contributed by atoms with Gasteiger partial charge in [0.15, 0.2) is 0 Å². The SMILES string of the molecule is CC(N)[C@H]1[C@@H]2CN(Cc3ccc(-n4ccc(NC(=O)N5CCNCC5)nc4=O)cc3)C[C@@H]21. The quantitative estimate of drug-likeness (QED) is 0.635. The van der Waals surface area contributed by atoms with Crippen molar-refractivity contribution in [2.24, 2.45) is 23.5 Å². The average Bonchev–Trinajstić information content (AvgIpc) is 3.31. The Bertz CT molecular complexity index is 1020. The van der Waals surface area contributed by atoms with Crippen molar-refractivity contribution >= 4 is 11.8 Å². The summed E-state index contributed by atoms with van der Waals surface area (Å²) in [5, 5.41) is 5.92. The first-order chi connectivity index (χ1) is 15.5. The van der Waals surface area contributed by atoms with Crippen LogP contribution in [0.15, 0.2) is 41.3 Å². The molecule has 0 spiro atoms. The summed E-state index contributed by atoms with van der Waals surface area (Å²) in [4.78, 5) is 33.1. The molecule has 2 saturated heterocycles. The predicted molar refractivity (Wildman–Crippen MR) is 123 cm³/mol. The van der Waals surface area contributed by atoms with Crippen LogP contribution < -0.4 is 22.1 Å². The van der Waals surface area contributed by atoms with Crippen LogP contribution in [0.2, 0.25) is 0 Å². The van der Waals surface area contributed by atoms with Crippen LogP contribution in [0.5, 0.6) is 0 Å². The molecule has 1 unspecified atom stereocenters. The number of carbonyl (C=O) groups excluding carboxylic acids is 1. The number of carbonyl (C=O) groups is 1. The van der Waals surface area contributed by atoms with E-state index >= 15 is 0 Å². The van der Waals surface area contributed by atoms with Crippen molar-refractivity contribution in [3.8, 4) is 5.69 Å². The number of rotatable bonds is 5. The Morgan fingerprint density at radius 2 is 1.88 bits per heavy atom. The number of nitrogens with two attached hydrogens (primary N) is 1. The topological polar surface area (TPSA) is 109 Å². The normalized spacial score (nSPS) is 25.9. The zero-order valence-corrected chi connectivity index (χ0v) is 18.4. The average molecular weight is 438 g/mol. The minimum Gasteiger partial charge on any atom is -0.328 e. The number of hydrogen-bond donors (Lipinski definition) is 3. The molecule has 170 valence electrons. The van der Waals surface area contributed by atoms with Crippen LogP contribution in [0.3, 0.4) is 0 Å². The smallest absolute Gasteiger partial charge is 0.328 e. The summed E-state index contributed by atoms with van der Waals surface area (Å²) in [7, 11) is 0. The molecule has 32 heavy (non-hydrogen) atoms. The third-order valence-electron chi connectivity index (χ3n) is 7.01. The van der Waals surface area contributed by atoms with Gasteiger partial charge in [0.05, 0.1) is 5.69 Å². The van der Waals surface area contributed by atoms with Crippen molar-refractivity contribution in [1.82, 2.24) is 24.7 Å². The molecule has 3 aliphatic rings. The lowest BCUT2D eigenvalue weighted by atomic mass is 10.1. The molecule has 4 atom stereocenters. The number of amides is 2. The van der Waals surface area contributed by atoms with E-state index in [4.69, 9.17) is 5.73 Å². The number of fused-ring (bicyclic) bond motifs is 1. The molecular formula is C23H31N7O2. The maximum absolute atomic E-state index is 12.5. The van der Waals surface area contributed by atoms with Gasteiger partial charge in [0.2, 0.25) is 0 Å². The van der Waals surface area contributed by atoms with Crippen molar-refractivity contribution in [2.45, 2.75) is 19.5 Å². The molecule has 1 saturated carbocycles. The molecule has 0 radical (unpaired) electrons. The lowest BCUT2D eigenvalue weighted by molar-refractivity contribution is 0.204. The molecule has 4 N–H and O–H groups in total. The minimum atomic E-state index is -0.419. The van der Waals surface area contributed by atoms with Crippen molar-refractivity contribution < 1.29 is 4.79 Å². The van der Waals surface area contributed by atoms with Crippen molar-refractivity contribution in [3.63, 3.8) is 0 Å². The fraction of sp³-hybridized carbons (Fsp3) is 0.522. The van der Waals surface area contributed by atoms with Crippen molar-refractivity contribution in [2.75, 3.05) is 44.6 Å². The van der Waals surface area contributed by atoms with Crippen molar-refractivity contribution in [1.29, 1.82) is 0 Å². The number of anilines is 1. The summed E-state index contributed by atoms with van der Waals surface area (Å²) in [6, 6.07) is 9.75. The Hall–Kier alpha value is -2.75. The van der Waals surface area contributed by atoms with E-state index in [1.54, 1.807) is 17.2 Å². The van der Waals surface area contributed by atoms with Crippen LogP contribution in [0, 0.1) is 17.8 Å². The van der Waals surface area contributed by atoms with Gasteiger partial charge in [-0.3, -0.25) is 14.8 Å². The first kappa shape index (κ1) is 21.1. The van der Waals surface area contributed by atoms with Crippen LogP contribution >= 0.6 is 0 Å². The zero-order chi connectivity index (χ0) is 22.2. The van der Waals surface area contributed by atoms with Crippen molar-refractivity contribution in [3.05, 3.63) is 52.6 Å². The lowest BCUT2D eigenvalue weighted by Gasteiger charge is -2.27. The van der Waals surface area contributed by atoms with Crippen LogP contribution in [-0.2, 0) is 6.54 Å². The van der Waals surface area contributed by atoms with E-state index in [1.165, 1.54) is 10.1 Å². The monoisotopic (exact) mass is 437 g/mol. The third kappa shape index (κ3) is 4.28. The highest BCUT2D eigenvalue weighted by Crippen LogP contribution is 2.53. The summed E-state index contributed by atoms with van der Waals surface area (Å²) >= 11 is 0. The van der Waals surface area contributed by atoms with E-state index < -0.39 is 5.69 Å². The molecule has 1 aromatic carbocycles. The van der Waals surface area contributed by atoms with E-state index in [9.17, 15) is 9.59 Å². The number of piperazine rings is 1. The van der Waals surface area contributed by atoms with Gasteiger partial charge >= 0.3 is 11.7 Å². The van der Waals surface area contributed by atoms with Crippen LogP contribution in [0.4, 0.5) is 10.6 Å². The van der Waals surface area contributed by atoms with Gasteiger partial charge in [0.1, 0.15) is 5.82 Å².